The number of piperidine rings is 1. The van der Waals surface area contributed by atoms with E-state index in [4.69, 9.17) is 9.98 Å². The highest BCUT2D eigenvalue weighted by Gasteiger charge is 2.20. The van der Waals surface area contributed by atoms with Crippen LogP contribution >= 0.6 is 11.3 Å². The lowest BCUT2D eigenvalue weighted by Gasteiger charge is -2.32. The first-order valence-corrected chi connectivity index (χ1v) is 11.4. The molecule has 0 unspecified atom stereocenters. The molecule has 0 bridgehead atoms. The van der Waals surface area contributed by atoms with Crippen LogP contribution in [-0.4, -0.2) is 45.9 Å². The van der Waals surface area contributed by atoms with Crippen LogP contribution in [0.25, 0.3) is 5.65 Å². The number of aliphatic imine (C=N–C) groups is 1. The largest absolute Gasteiger partial charge is 0.357 e. The molecule has 3 aromatic heterocycles. The molecule has 0 atom stereocenters. The monoisotopic (exact) mass is 410 g/mol. The van der Waals surface area contributed by atoms with Crippen molar-refractivity contribution in [2.75, 3.05) is 19.6 Å². The average molecular weight is 411 g/mol. The van der Waals surface area contributed by atoms with Crippen molar-refractivity contribution >= 4 is 22.9 Å². The maximum Gasteiger partial charge on any atom is 0.191 e. The molecule has 0 aliphatic carbocycles. The number of hydrogen-bond donors (Lipinski definition) is 2. The maximum absolute atomic E-state index is 4.79. The molecule has 1 fully saturated rings. The van der Waals surface area contributed by atoms with Gasteiger partial charge in [-0.15, -0.1) is 0 Å². The highest BCUT2D eigenvalue weighted by atomic mass is 32.1. The van der Waals surface area contributed by atoms with Crippen molar-refractivity contribution in [1.29, 1.82) is 0 Å². The summed E-state index contributed by atoms with van der Waals surface area (Å²) < 4.78 is 2.12. The topological polar surface area (TPSA) is 57.0 Å². The Balaban J connectivity index is 1.33. The van der Waals surface area contributed by atoms with Crippen molar-refractivity contribution in [3.05, 3.63) is 58.2 Å². The second kappa shape index (κ2) is 9.41. The summed E-state index contributed by atoms with van der Waals surface area (Å²) >= 11 is 1.78. The fourth-order valence-corrected chi connectivity index (χ4v) is 4.48. The average Bonchev–Trinajstić information content (AvgIpc) is 3.38. The Labute approximate surface area is 176 Å². The van der Waals surface area contributed by atoms with Crippen LogP contribution in [0, 0.1) is 6.92 Å². The van der Waals surface area contributed by atoms with Crippen LogP contribution in [0.1, 0.15) is 36.7 Å². The summed E-state index contributed by atoms with van der Waals surface area (Å²) in [6.07, 6.45) is 4.37. The number of thiophene rings is 1. The van der Waals surface area contributed by atoms with Crippen LogP contribution in [0.2, 0.25) is 0 Å². The Hall–Kier alpha value is -2.38. The summed E-state index contributed by atoms with van der Waals surface area (Å²) in [6, 6.07) is 8.87. The molecule has 1 aliphatic heterocycles. The summed E-state index contributed by atoms with van der Waals surface area (Å²) in [7, 11) is 0. The van der Waals surface area contributed by atoms with Crippen LogP contribution in [0.4, 0.5) is 0 Å². The first-order valence-electron chi connectivity index (χ1n) is 10.4. The summed E-state index contributed by atoms with van der Waals surface area (Å²) in [5, 5.41) is 11.4. The first-order chi connectivity index (χ1) is 14.2. The third-order valence-electron chi connectivity index (χ3n) is 5.40. The zero-order valence-electron chi connectivity index (χ0n) is 17.3. The molecule has 1 saturated heterocycles. The number of imidazole rings is 1. The summed E-state index contributed by atoms with van der Waals surface area (Å²) in [5.74, 6) is 0.887. The van der Waals surface area contributed by atoms with Crippen LogP contribution in [-0.2, 0) is 13.1 Å². The number of aromatic nitrogens is 2. The molecule has 4 heterocycles. The minimum Gasteiger partial charge on any atom is -0.357 e. The quantitative estimate of drug-likeness (QED) is 0.483. The predicted octanol–water partition coefficient (Wildman–Crippen LogP) is 3.42. The minimum atomic E-state index is 0.467. The van der Waals surface area contributed by atoms with Crippen molar-refractivity contribution < 1.29 is 0 Å². The lowest BCUT2D eigenvalue weighted by Crippen LogP contribution is -2.48. The zero-order chi connectivity index (χ0) is 20.1. The van der Waals surface area contributed by atoms with Crippen LogP contribution in [0.3, 0.4) is 0 Å². The van der Waals surface area contributed by atoms with Gasteiger partial charge in [-0.1, -0.05) is 6.07 Å². The minimum absolute atomic E-state index is 0.467. The number of nitrogens with zero attached hydrogens (tertiary/aromatic N) is 4. The molecular weight excluding hydrogens is 380 g/mol. The van der Waals surface area contributed by atoms with Crippen molar-refractivity contribution in [2.24, 2.45) is 4.99 Å². The Morgan fingerprint density at radius 2 is 2.14 bits per heavy atom. The Kier molecular flexibility index (Phi) is 6.46. The molecule has 0 amide bonds. The van der Waals surface area contributed by atoms with Crippen molar-refractivity contribution in [3.8, 4) is 0 Å². The van der Waals surface area contributed by atoms with E-state index in [0.29, 0.717) is 12.6 Å². The molecule has 6 nitrogen and oxygen atoms in total. The molecule has 29 heavy (non-hydrogen) atoms. The smallest absolute Gasteiger partial charge is 0.191 e. The molecular formula is C22H30N6S. The van der Waals surface area contributed by atoms with E-state index in [9.17, 15) is 0 Å². The molecule has 0 radical (unpaired) electrons. The Morgan fingerprint density at radius 3 is 2.86 bits per heavy atom. The number of hydrogen-bond acceptors (Lipinski definition) is 4. The number of guanidine groups is 1. The van der Waals surface area contributed by atoms with Gasteiger partial charge in [0.25, 0.3) is 0 Å². The standard InChI is InChI=1S/C22H30N6S/c1-3-23-22(24-13-20-15-28-17(2)5-4-6-21(28)25-20)26-19-7-10-27(11-8-19)14-18-9-12-29-16-18/h4-6,9,12,15-16,19H,3,7-8,10-11,13-14H2,1-2H3,(H2,23,24,26). The van der Waals surface area contributed by atoms with E-state index in [1.54, 1.807) is 11.3 Å². The van der Waals surface area contributed by atoms with Gasteiger partial charge in [0.1, 0.15) is 5.65 Å². The van der Waals surface area contributed by atoms with Crippen LogP contribution < -0.4 is 10.6 Å². The third-order valence-corrected chi connectivity index (χ3v) is 6.14. The molecule has 7 heteroatoms. The summed E-state index contributed by atoms with van der Waals surface area (Å²) in [5.41, 5.74) is 4.58. The third kappa shape index (κ3) is 5.16. The summed E-state index contributed by atoms with van der Waals surface area (Å²) in [4.78, 5) is 12.0. The van der Waals surface area contributed by atoms with Crippen molar-refractivity contribution in [2.45, 2.75) is 45.8 Å². The van der Waals surface area contributed by atoms with Gasteiger partial charge in [0, 0.05) is 44.1 Å². The van der Waals surface area contributed by atoms with E-state index >= 15 is 0 Å². The fraction of sp³-hybridized carbons (Fsp3) is 0.455. The highest BCUT2D eigenvalue weighted by Crippen LogP contribution is 2.15. The van der Waals surface area contributed by atoms with Crippen LogP contribution in [0.15, 0.2) is 46.2 Å². The van der Waals surface area contributed by atoms with E-state index < -0.39 is 0 Å². The van der Waals surface area contributed by atoms with Gasteiger partial charge >= 0.3 is 0 Å². The van der Waals surface area contributed by atoms with Gasteiger partial charge in [0.15, 0.2) is 5.96 Å². The van der Waals surface area contributed by atoms with Gasteiger partial charge in [0.2, 0.25) is 0 Å². The maximum atomic E-state index is 4.79. The van der Waals surface area contributed by atoms with Crippen LogP contribution in [0.5, 0.6) is 0 Å². The number of rotatable bonds is 6. The Morgan fingerprint density at radius 1 is 1.28 bits per heavy atom. The predicted molar refractivity (Wildman–Crippen MR) is 120 cm³/mol. The normalized spacial score (nSPS) is 16.4. The molecule has 154 valence electrons. The molecule has 2 N–H and O–H groups in total. The molecule has 1 aliphatic rings. The number of aryl methyl sites for hydroxylation is 1. The molecule has 3 aromatic rings. The summed E-state index contributed by atoms with van der Waals surface area (Å²) in [6.45, 7) is 8.95. The van der Waals surface area contributed by atoms with Crippen molar-refractivity contribution in [3.63, 3.8) is 0 Å². The second-order valence-electron chi connectivity index (χ2n) is 7.65. The van der Waals surface area contributed by atoms with Gasteiger partial charge in [0.05, 0.1) is 12.2 Å². The number of nitrogens with one attached hydrogen (secondary N) is 2. The number of pyridine rings is 1. The van der Waals surface area contributed by atoms with Gasteiger partial charge < -0.3 is 15.0 Å². The Bertz CT molecular complexity index is 938. The van der Waals surface area contributed by atoms with Gasteiger partial charge in [-0.2, -0.15) is 11.3 Å². The molecule has 0 spiro atoms. The molecule has 0 saturated carbocycles. The highest BCUT2D eigenvalue weighted by molar-refractivity contribution is 7.07. The van der Waals surface area contributed by atoms with E-state index in [-0.39, 0.29) is 0 Å². The lowest BCUT2D eigenvalue weighted by molar-refractivity contribution is 0.198. The van der Waals surface area contributed by atoms with Gasteiger partial charge in [-0.25, -0.2) is 9.98 Å². The van der Waals surface area contributed by atoms with Gasteiger partial charge in [-0.05, 0) is 61.2 Å². The fourth-order valence-electron chi connectivity index (χ4n) is 3.82. The van der Waals surface area contributed by atoms with E-state index in [1.165, 1.54) is 11.3 Å². The number of likely N-dealkylation sites (tertiary alicyclic amines) is 1. The van der Waals surface area contributed by atoms with Gasteiger partial charge in [-0.3, -0.25) is 4.90 Å². The van der Waals surface area contributed by atoms with Crippen molar-refractivity contribution in [1.82, 2.24) is 24.9 Å². The second-order valence-corrected chi connectivity index (χ2v) is 8.43. The van der Waals surface area contributed by atoms with E-state index in [1.807, 2.05) is 12.1 Å². The lowest BCUT2D eigenvalue weighted by atomic mass is 10.0. The molecule has 0 aromatic carbocycles. The molecule has 4 rings (SSSR count). The zero-order valence-corrected chi connectivity index (χ0v) is 18.1. The van der Waals surface area contributed by atoms with E-state index in [0.717, 1.165) is 56.3 Å². The SMILES string of the molecule is CCNC(=NCc1cn2c(C)cccc2n1)NC1CCN(Cc2ccsc2)CC1. The first kappa shape index (κ1) is 19.9. The van der Waals surface area contributed by atoms with E-state index in [2.05, 4.69) is 62.9 Å². The number of fused-ring (bicyclic) bond motifs is 1.